The molecule has 0 saturated heterocycles. The fourth-order valence-corrected chi connectivity index (χ4v) is 3.46. The maximum Gasteiger partial charge on any atom is 0.336 e. The molecule has 0 atom stereocenters. The van der Waals surface area contributed by atoms with Crippen LogP contribution in [0.3, 0.4) is 0 Å². The first-order chi connectivity index (χ1) is 14.2. The summed E-state index contributed by atoms with van der Waals surface area (Å²) in [5, 5.41) is 12.4. The Morgan fingerprint density at radius 3 is 1.97 bits per heavy atom. The van der Waals surface area contributed by atoms with E-state index in [1.165, 1.54) is 13.0 Å². The highest BCUT2D eigenvalue weighted by atomic mass is 16.5. The predicted octanol–water partition coefficient (Wildman–Crippen LogP) is 3.54. The van der Waals surface area contributed by atoms with Crippen LogP contribution in [0.2, 0.25) is 0 Å². The van der Waals surface area contributed by atoms with Crippen molar-refractivity contribution in [1.29, 1.82) is 0 Å². The quantitative estimate of drug-likeness (QED) is 0.521. The first kappa shape index (κ1) is 22.9. The summed E-state index contributed by atoms with van der Waals surface area (Å²) in [4.78, 5) is 37.1. The number of rotatable bonds is 7. The molecule has 1 aromatic carbocycles. The van der Waals surface area contributed by atoms with Crippen LogP contribution in [-0.4, -0.2) is 36.2 Å². The highest BCUT2D eigenvalue weighted by molar-refractivity contribution is 6.00. The molecule has 0 bridgehead atoms. The molecule has 7 nitrogen and oxygen atoms in total. The van der Waals surface area contributed by atoms with Crippen molar-refractivity contribution in [2.75, 3.05) is 13.2 Å². The molecule has 0 spiro atoms. The summed E-state index contributed by atoms with van der Waals surface area (Å²) in [6.07, 6.45) is 1.52. The van der Waals surface area contributed by atoms with Gasteiger partial charge in [0.2, 0.25) is 0 Å². The minimum absolute atomic E-state index is 0.133. The van der Waals surface area contributed by atoms with Crippen LogP contribution in [0.5, 0.6) is 0 Å². The van der Waals surface area contributed by atoms with Gasteiger partial charge >= 0.3 is 17.9 Å². The lowest BCUT2D eigenvalue weighted by atomic mass is 9.78. The summed E-state index contributed by atoms with van der Waals surface area (Å²) in [5.41, 5.74) is 3.06. The van der Waals surface area contributed by atoms with Crippen molar-refractivity contribution in [2.24, 2.45) is 0 Å². The molecule has 30 heavy (non-hydrogen) atoms. The number of carbonyl (C=O) groups excluding carboxylic acids is 2. The molecule has 2 N–H and O–H groups in total. The number of ether oxygens (including phenoxy) is 2. The van der Waals surface area contributed by atoms with Crippen molar-refractivity contribution in [3.8, 4) is 0 Å². The summed E-state index contributed by atoms with van der Waals surface area (Å²) in [5.74, 6) is -2.91. The zero-order chi connectivity index (χ0) is 22.4. The standard InChI is InChI=1S/C23H27NO6/c1-6-29-22(27)18-14(4)24-15(5)19(23(28)30-7-2)20(18)17-11-9-8-10-16(17)12-13(3)21(25)26/h8-12,20,24H,6-7H2,1-5H3,(H,25,26). The van der Waals surface area contributed by atoms with Crippen LogP contribution in [0.15, 0.2) is 52.4 Å². The van der Waals surface area contributed by atoms with Crippen molar-refractivity contribution in [1.82, 2.24) is 5.32 Å². The molecule has 0 unspecified atom stereocenters. The number of carbonyl (C=O) groups is 3. The first-order valence-electron chi connectivity index (χ1n) is 9.76. The topological polar surface area (TPSA) is 102 Å². The molecule has 7 heteroatoms. The Morgan fingerprint density at radius 2 is 1.50 bits per heavy atom. The number of carboxylic acid groups (broad SMARTS) is 1. The Balaban J connectivity index is 2.78. The van der Waals surface area contributed by atoms with E-state index in [9.17, 15) is 19.5 Å². The van der Waals surface area contributed by atoms with E-state index in [0.717, 1.165) is 0 Å². The van der Waals surface area contributed by atoms with Gasteiger partial charge in [0, 0.05) is 17.0 Å². The second-order valence-corrected chi connectivity index (χ2v) is 6.84. The Kier molecular flexibility index (Phi) is 7.58. The second-order valence-electron chi connectivity index (χ2n) is 6.84. The van der Waals surface area contributed by atoms with Gasteiger partial charge in [-0.15, -0.1) is 0 Å². The second kappa shape index (κ2) is 9.91. The van der Waals surface area contributed by atoms with E-state index in [0.29, 0.717) is 33.7 Å². The zero-order valence-electron chi connectivity index (χ0n) is 17.9. The minimum Gasteiger partial charge on any atom is -0.478 e. The van der Waals surface area contributed by atoms with Gasteiger partial charge in [-0.2, -0.15) is 0 Å². The number of carboxylic acids is 1. The number of hydrogen-bond acceptors (Lipinski definition) is 6. The Bertz CT molecular complexity index is 914. The molecule has 0 aliphatic carbocycles. The van der Waals surface area contributed by atoms with Crippen LogP contribution in [0.1, 0.15) is 51.7 Å². The van der Waals surface area contributed by atoms with Crippen LogP contribution in [0, 0.1) is 0 Å². The van der Waals surface area contributed by atoms with E-state index in [1.807, 2.05) is 0 Å². The third kappa shape index (κ3) is 4.79. The lowest BCUT2D eigenvalue weighted by Gasteiger charge is -2.31. The van der Waals surface area contributed by atoms with Crippen molar-refractivity contribution in [2.45, 2.75) is 40.5 Å². The van der Waals surface area contributed by atoms with Crippen LogP contribution >= 0.6 is 0 Å². The molecule has 0 radical (unpaired) electrons. The lowest BCUT2D eigenvalue weighted by molar-refractivity contribution is -0.139. The van der Waals surface area contributed by atoms with E-state index in [-0.39, 0.29) is 18.8 Å². The summed E-state index contributed by atoms with van der Waals surface area (Å²) in [6, 6.07) is 7.07. The maximum absolute atomic E-state index is 12.9. The Labute approximate surface area is 176 Å². The monoisotopic (exact) mass is 413 g/mol. The largest absolute Gasteiger partial charge is 0.478 e. The number of nitrogens with one attached hydrogen (secondary N) is 1. The molecule has 160 valence electrons. The Morgan fingerprint density at radius 1 is 1.00 bits per heavy atom. The molecule has 2 rings (SSSR count). The molecule has 1 aliphatic rings. The van der Waals surface area contributed by atoms with Crippen LogP contribution in [0.25, 0.3) is 6.08 Å². The van der Waals surface area contributed by atoms with Gasteiger partial charge in [0.15, 0.2) is 0 Å². The third-order valence-corrected chi connectivity index (χ3v) is 4.77. The molecule has 0 aromatic heterocycles. The van der Waals surface area contributed by atoms with Crippen LogP contribution in [-0.2, 0) is 23.9 Å². The lowest BCUT2D eigenvalue weighted by Crippen LogP contribution is -2.32. The van der Waals surface area contributed by atoms with Crippen molar-refractivity contribution in [3.63, 3.8) is 0 Å². The average Bonchev–Trinajstić information content (AvgIpc) is 2.67. The number of aliphatic carboxylic acids is 1. The van der Waals surface area contributed by atoms with E-state index in [1.54, 1.807) is 52.0 Å². The van der Waals surface area contributed by atoms with Gasteiger partial charge in [-0.1, -0.05) is 24.3 Å². The van der Waals surface area contributed by atoms with Gasteiger partial charge in [-0.25, -0.2) is 14.4 Å². The fraction of sp³-hybridized carbons (Fsp3) is 0.348. The van der Waals surface area contributed by atoms with Crippen molar-refractivity contribution >= 4 is 24.0 Å². The smallest absolute Gasteiger partial charge is 0.336 e. The number of esters is 2. The minimum atomic E-state index is -1.05. The summed E-state index contributed by atoms with van der Waals surface area (Å²) in [6.45, 7) is 8.75. The maximum atomic E-state index is 12.9. The SMILES string of the molecule is CCOC(=O)C1=C(C)NC(C)=C(C(=O)OCC)C1c1ccccc1C=C(C)C(=O)O. The molecule has 0 fully saturated rings. The zero-order valence-corrected chi connectivity index (χ0v) is 17.9. The number of allylic oxidation sites excluding steroid dienone is 2. The molecular weight excluding hydrogens is 386 g/mol. The van der Waals surface area contributed by atoms with Gasteiger partial charge < -0.3 is 19.9 Å². The number of benzene rings is 1. The number of hydrogen-bond donors (Lipinski definition) is 2. The molecule has 1 aromatic rings. The van der Waals surface area contributed by atoms with Crippen LogP contribution in [0.4, 0.5) is 0 Å². The molecule has 1 aliphatic heterocycles. The normalized spacial score (nSPS) is 15.0. The molecular formula is C23H27NO6. The number of dihydropyridines is 1. The van der Waals surface area contributed by atoms with Crippen molar-refractivity contribution in [3.05, 3.63) is 63.5 Å². The van der Waals surface area contributed by atoms with Gasteiger partial charge in [-0.3, -0.25) is 0 Å². The predicted molar refractivity (Wildman–Crippen MR) is 112 cm³/mol. The summed E-state index contributed by atoms with van der Waals surface area (Å²) >= 11 is 0. The van der Waals surface area contributed by atoms with Gasteiger partial charge in [0.05, 0.1) is 30.3 Å². The highest BCUT2D eigenvalue weighted by Crippen LogP contribution is 2.41. The van der Waals surface area contributed by atoms with E-state index in [2.05, 4.69) is 5.32 Å². The van der Waals surface area contributed by atoms with Crippen molar-refractivity contribution < 1.29 is 29.0 Å². The highest BCUT2D eigenvalue weighted by Gasteiger charge is 2.38. The Hall–Kier alpha value is -3.35. The molecule has 0 saturated carbocycles. The van der Waals surface area contributed by atoms with E-state index >= 15 is 0 Å². The summed E-state index contributed by atoms with van der Waals surface area (Å²) in [7, 11) is 0. The van der Waals surface area contributed by atoms with Gasteiger partial charge in [0.1, 0.15) is 0 Å². The molecule has 0 amide bonds. The average molecular weight is 413 g/mol. The molecule has 1 heterocycles. The fourth-order valence-electron chi connectivity index (χ4n) is 3.46. The van der Waals surface area contributed by atoms with Crippen LogP contribution < -0.4 is 5.32 Å². The first-order valence-corrected chi connectivity index (χ1v) is 9.76. The third-order valence-electron chi connectivity index (χ3n) is 4.77. The van der Waals surface area contributed by atoms with Gasteiger partial charge in [0.25, 0.3) is 0 Å². The van der Waals surface area contributed by atoms with E-state index in [4.69, 9.17) is 9.47 Å². The van der Waals surface area contributed by atoms with Gasteiger partial charge in [-0.05, 0) is 51.8 Å². The summed E-state index contributed by atoms with van der Waals surface area (Å²) < 4.78 is 10.5. The van der Waals surface area contributed by atoms with E-state index < -0.39 is 23.8 Å².